The Hall–Kier alpha value is -1.10. The molecule has 1 aliphatic rings. The van der Waals surface area contributed by atoms with E-state index in [-0.39, 0.29) is 19.0 Å². The number of esters is 1. The van der Waals surface area contributed by atoms with Crippen LogP contribution < -0.4 is 5.32 Å². The zero-order valence-electron chi connectivity index (χ0n) is 8.09. The first-order chi connectivity index (χ1) is 5.97. The van der Waals surface area contributed by atoms with Crippen molar-refractivity contribution in [3.05, 3.63) is 0 Å². The minimum atomic E-state index is -0.453. The Labute approximate surface area is 77.0 Å². The largest absolute Gasteiger partial charge is 0.468 e. The zero-order valence-corrected chi connectivity index (χ0v) is 8.09. The van der Waals surface area contributed by atoms with Crippen LogP contribution in [0.1, 0.15) is 13.8 Å². The van der Waals surface area contributed by atoms with Crippen LogP contribution in [0, 0.1) is 0 Å². The third-order valence-electron chi connectivity index (χ3n) is 2.16. The molecule has 1 saturated heterocycles. The Balaban J connectivity index is 2.66. The van der Waals surface area contributed by atoms with Gasteiger partial charge < -0.3 is 9.64 Å². The fraction of sp³-hybridized carbons (Fsp3) is 0.750. The van der Waals surface area contributed by atoms with Gasteiger partial charge >= 0.3 is 5.97 Å². The van der Waals surface area contributed by atoms with Crippen molar-refractivity contribution in [3.8, 4) is 0 Å². The van der Waals surface area contributed by atoms with Crippen molar-refractivity contribution in [2.24, 2.45) is 0 Å². The van der Waals surface area contributed by atoms with E-state index in [1.165, 1.54) is 12.0 Å². The maximum atomic E-state index is 11.3. The number of hydrogen-bond donors (Lipinski definition) is 1. The molecule has 0 unspecified atom stereocenters. The zero-order chi connectivity index (χ0) is 10.1. The quantitative estimate of drug-likeness (QED) is 0.581. The molecule has 0 aromatic heterocycles. The van der Waals surface area contributed by atoms with Crippen LogP contribution in [0.3, 0.4) is 0 Å². The lowest BCUT2D eigenvalue weighted by molar-refractivity contribution is -0.147. The second kappa shape index (κ2) is 3.33. The molecule has 13 heavy (non-hydrogen) atoms. The molecule has 5 nitrogen and oxygen atoms in total. The fourth-order valence-electron chi connectivity index (χ4n) is 1.27. The Bertz CT molecular complexity index is 238. The highest BCUT2D eigenvalue weighted by Gasteiger charge is 2.38. The molecule has 0 aliphatic carbocycles. The van der Waals surface area contributed by atoms with Gasteiger partial charge in [0.05, 0.1) is 19.3 Å². The predicted molar refractivity (Wildman–Crippen MR) is 45.8 cm³/mol. The summed E-state index contributed by atoms with van der Waals surface area (Å²) in [7, 11) is 1.31. The lowest BCUT2D eigenvalue weighted by atomic mass is 10.2. The number of amides is 1. The van der Waals surface area contributed by atoms with Gasteiger partial charge in [-0.3, -0.25) is 14.9 Å². The molecular weight excluding hydrogens is 172 g/mol. The normalized spacial score (nSPS) is 20.5. The van der Waals surface area contributed by atoms with Gasteiger partial charge in [-0.05, 0) is 13.8 Å². The monoisotopic (exact) mass is 186 g/mol. The van der Waals surface area contributed by atoms with E-state index in [0.29, 0.717) is 0 Å². The Kier molecular flexibility index (Phi) is 2.56. The van der Waals surface area contributed by atoms with Crippen molar-refractivity contribution in [1.29, 1.82) is 0 Å². The summed E-state index contributed by atoms with van der Waals surface area (Å²) in [6, 6.07) is 0. The minimum Gasteiger partial charge on any atom is -0.468 e. The van der Waals surface area contributed by atoms with Crippen molar-refractivity contribution in [3.63, 3.8) is 0 Å². The molecule has 1 N–H and O–H groups in total. The molecule has 5 heteroatoms. The molecule has 0 radical (unpaired) electrons. The van der Waals surface area contributed by atoms with Crippen LogP contribution in [0.2, 0.25) is 0 Å². The molecular formula is C8H14N2O3. The molecule has 1 heterocycles. The molecule has 1 amide bonds. The van der Waals surface area contributed by atoms with Crippen molar-refractivity contribution in [2.45, 2.75) is 19.5 Å². The summed E-state index contributed by atoms with van der Waals surface area (Å²) >= 11 is 0. The van der Waals surface area contributed by atoms with E-state index >= 15 is 0 Å². The number of methoxy groups -OCH3 is 1. The van der Waals surface area contributed by atoms with Crippen LogP contribution in [0.5, 0.6) is 0 Å². The molecule has 0 saturated carbocycles. The second-order valence-electron chi connectivity index (χ2n) is 3.47. The lowest BCUT2D eigenvalue weighted by Gasteiger charge is -2.30. The molecule has 0 atom stereocenters. The van der Waals surface area contributed by atoms with Gasteiger partial charge in [0.15, 0.2) is 0 Å². The van der Waals surface area contributed by atoms with Gasteiger partial charge in [-0.15, -0.1) is 0 Å². The molecule has 0 bridgehead atoms. The number of hydrogen-bond acceptors (Lipinski definition) is 4. The Morgan fingerprint density at radius 3 is 2.69 bits per heavy atom. The molecule has 1 rings (SSSR count). The number of carbonyl (C=O) groups is 2. The third kappa shape index (κ3) is 1.98. The summed E-state index contributed by atoms with van der Waals surface area (Å²) in [5, 5.41) is 2.99. The third-order valence-corrected chi connectivity index (χ3v) is 2.16. The van der Waals surface area contributed by atoms with Gasteiger partial charge in [-0.25, -0.2) is 0 Å². The number of nitrogens with zero attached hydrogens (tertiary/aromatic N) is 1. The highest BCUT2D eigenvalue weighted by Crippen LogP contribution is 2.15. The molecule has 0 spiro atoms. The summed E-state index contributed by atoms with van der Waals surface area (Å²) in [6.07, 6.45) is 0. The van der Waals surface area contributed by atoms with Crippen molar-refractivity contribution < 1.29 is 14.3 Å². The first-order valence-electron chi connectivity index (χ1n) is 4.09. The highest BCUT2D eigenvalue weighted by molar-refractivity contribution is 5.85. The number of rotatable bonds is 2. The standard InChI is InChI=1S/C8H14N2O3/c1-8(2)9-4-6(11)10(8)5-7(12)13-3/h9H,4-5H2,1-3H3. The summed E-state index contributed by atoms with van der Waals surface area (Å²) < 4.78 is 4.49. The Morgan fingerprint density at radius 2 is 2.31 bits per heavy atom. The van der Waals surface area contributed by atoms with Crippen molar-refractivity contribution >= 4 is 11.9 Å². The van der Waals surface area contributed by atoms with Crippen LogP contribution in [-0.2, 0) is 14.3 Å². The summed E-state index contributed by atoms with van der Waals surface area (Å²) in [6.45, 7) is 3.99. The molecule has 0 aromatic carbocycles. The van der Waals surface area contributed by atoms with E-state index in [1.807, 2.05) is 13.8 Å². The summed E-state index contributed by atoms with van der Waals surface area (Å²) in [5.41, 5.74) is -0.453. The number of nitrogens with one attached hydrogen (secondary N) is 1. The minimum absolute atomic E-state index is 0.00926. The maximum absolute atomic E-state index is 11.3. The number of ether oxygens (including phenoxy) is 1. The lowest BCUT2D eigenvalue weighted by Crippen LogP contribution is -2.49. The van der Waals surface area contributed by atoms with Crippen LogP contribution in [0.4, 0.5) is 0 Å². The summed E-state index contributed by atoms with van der Waals surface area (Å²) in [5.74, 6) is -0.472. The smallest absolute Gasteiger partial charge is 0.325 e. The average Bonchev–Trinajstić information content (AvgIpc) is 2.31. The van der Waals surface area contributed by atoms with E-state index in [2.05, 4.69) is 10.1 Å². The summed E-state index contributed by atoms with van der Waals surface area (Å²) in [4.78, 5) is 23.7. The Morgan fingerprint density at radius 1 is 1.69 bits per heavy atom. The van der Waals surface area contributed by atoms with E-state index in [0.717, 1.165) is 0 Å². The first-order valence-corrected chi connectivity index (χ1v) is 4.09. The second-order valence-corrected chi connectivity index (χ2v) is 3.47. The van der Waals surface area contributed by atoms with Crippen LogP contribution in [-0.4, -0.2) is 42.6 Å². The molecule has 74 valence electrons. The molecule has 1 fully saturated rings. The van der Waals surface area contributed by atoms with Gasteiger partial charge in [-0.1, -0.05) is 0 Å². The first kappa shape index (κ1) is 9.98. The average molecular weight is 186 g/mol. The number of carbonyl (C=O) groups excluding carboxylic acids is 2. The molecule has 0 aromatic rings. The van der Waals surface area contributed by atoms with E-state index in [1.54, 1.807) is 0 Å². The van der Waals surface area contributed by atoms with Gasteiger partial charge in [-0.2, -0.15) is 0 Å². The van der Waals surface area contributed by atoms with Gasteiger partial charge in [0, 0.05) is 0 Å². The van der Waals surface area contributed by atoms with Crippen molar-refractivity contribution in [1.82, 2.24) is 10.2 Å². The SMILES string of the molecule is COC(=O)CN1C(=O)CNC1(C)C. The van der Waals surface area contributed by atoms with E-state index in [4.69, 9.17) is 0 Å². The fourth-order valence-corrected chi connectivity index (χ4v) is 1.27. The van der Waals surface area contributed by atoms with Gasteiger partial charge in [0.1, 0.15) is 6.54 Å². The van der Waals surface area contributed by atoms with Crippen LogP contribution in [0.25, 0.3) is 0 Å². The topological polar surface area (TPSA) is 58.6 Å². The maximum Gasteiger partial charge on any atom is 0.325 e. The van der Waals surface area contributed by atoms with Gasteiger partial charge in [0.2, 0.25) is 5.91 Å². The highest BCUT2D eigenvalue weighted by atomic mass is 16.5. The van der Waals surface area contributed by atoms with Crippen molar-refractivity contribution in [2.75, 3.05) is 20.2 Å². The van der Waals surface area contributed by atoms with Crippen LogP contribution >= 0.6 is 0 Å². The van der Waals surface area contributed by atoms with Crippen LogP contribution in [0.15, 0.2) is 0 Å². The van der Waals surface area contributed by atoms with E-state index in [9.17, 15) is 9.59 Å². The molecule has 1 aliphatic heterocycles. The van der Waals surface area contributed by atoms with Gasteiger partial charge in [0.25, 0.3) is 0 Å². The van der Waals surface area contributed by atoms with E-state index < -0.39 is 11.6 Å². The predicted octanol–water partition coefficient (Wildman–Crippen LogP) is -0.673.